The summed E-state index contributed by atoms with van der Waals surface area (Å²) in [6.45, 7) is 0. The van der Waals surface area contributed by atoms with E-state index in [0.29, 0.717) is 5.56 Å². The topological polar surface area (TPSA) is 70.5 Å². The van der Waals surface area contributed by atoms with Crippen molar-refractivity contribution < 1.29 is 19.1 Å². The summed E-state index contributed by atoms with van der Waals surface area (Å²) in [5.41, 5.74) is 0.326. The number of benzene rings is 2. The van der Waals surface area contributed by atoms with E-state index < -0.39 is 23.5 Å². The smallest absolute Gasteiger partial charge is 0.301 e. The maximum absolute atomic E-state index is 14.6. The van der Waals surface area contributed by atoms with Gasteiger partial charge in [0.15, 0.2) is 5.13 Å². The predicted octanol–water partition coefficient (Wildman–Crippen LogP) is 3.91. The fourth-order valence-electron chi connectivity index (χ4n) is 3.11. The number of amides is 1. The average molecular weight is 380 g/mol. The first-order chi connectivity index (χ1) is 13.1. The fourth-order valence-corrected chi connectivity index (χ4v) is 3.77. The summed E-state index contributed by atoms with van der Waals surface area (Å²) in [6, 6.07) is 13.2. The molecule has 1 amide bonds. The molecule has 0 radical (unpaired) electrons. The van der Waals surface area contributed by atoms with Crippen LogP contribution in [0, 0.1) is 5.82 Å². The number of ketones is 1. The molecule has 2 aromatic carbocycles. The molecule has 1 fully saturated rings. The van der Waals surface area contributed by atoms with E-state index in [0.717, 1.165) is 16.2 Å². The molecule has 4 rings (SSSR count). The highest BCUT2D eigenvalue weighted by molar-refractivity contribution is 7.14. The van der Waals surface area contributed by atoms with Gasteiger partial charge in [0.05, 0.1) is 5.57 Å². The van der Waals surface area contributed by atoms with E-state index in [4.69, 9.17) is 0 Å². The third kappa shape index (κ3) is 2.82. The second kappa shape index (κ2) is 6.77. The molecule has 3 aromatic rings. The minimum absolute atomic E-state index is 0.115. The van der Waals surface area contributed by atoms with Crippen LogP contribution in [0.15, 0.2) is 71.7 Å². The lowest BCUT2D eigenvalue weighted by atomic mass is 9.95. The first-order valence-corrected chi connectivity index (χ1v) is 8.98. The number of nitrogens with zero attached hydrogens (tertiary/aromatic N) is 2. The lowest BCUT2D eigenvalue weighted by molar-refractivity contribution is -0.132. The minimum atomic E-state index is -1.10. The Morgan fingerprint density at radius 1 is 1.07 bits per heavy atom. The van der Waals surface area contributed by atoms with Gasteiger partial charge in [0.1, 0.15) is 17.6 Å². The van der Waals surface area contributed by atoms with Crippen molar-refractivity contribution in [2.24, 2.45) is 0 Å². The van der Waals surface area contributed by atoms with Gasteiger partial charge < -0.3 is 5.11 Å². The van der Waals surface area contributed by atoms with Gasteiger partial charge in [-0.25, -0.2) is 9.37 Å². The normalized spacial score (nSPS) is 18.9. The number of aromatic nitrogens is 1. The number of aliphatic hydroxyl groups excluding tert-OH is 1. The number of halogens is 1. The van der Waals surface area contributed by atoms with Crippen LogP contribution < -0.4 is 4.90 Å². The number of aliphatic hydroxyl groups is 1. The number of Topliss-reactive ketones (excluding diaryl/α,β-unsaturated/α-hetero) is 1. The van der Waals surface area contributed by atoms with E-state index in [9.17, 15) is 19.1 Å². The second-order valence-electron chi connectivity index (χ2n) is 5.87. The standard InChI is InChI=1S/C20H13FN2O3S/c21-14-9-5-4-8-13(14)16-15(17(24)12-6-2-1-3-7-12)18(25)19(26)23(16)20-22-10-11-27-20/h1-11,16,24H/b17-15+/t16-/m1/s1. The molecule has 1 N–H and O–H groups in total. The van der Waals surface area contributed by atoms with Gasteiger partial charge in [-0.15, -0.1) is 11.3 Å². The lowest BCUT2D eigenvalue weighted by Gasteiger charge is -2.23. The van der Waals surface area contributed by atoms with Gasteiger partial charge in [-0.05, 0) is 6.07 Å². The molecule has 1 aliphatic rings. The maximum atomic E-state index is 14.6. The highest BCUT2D eigenvalue weighted by atomic mass is 32.1. The fraction of sp³-hybridized carbons (Fsp3) is 0.0500. The van der Waals surface area contributed by atoms with Crippen LogP contribution in [0.3, 0.4) is 0 Å². The van der Waals surface area contributed by atoms with Crippen LogP contribution in [-0.4, -0.2) is 21.8 Å². The Labute approximate surface area is 158 Å². The number of rotatable bonds is 3. The lowest BCUT2D eigenvalue weighted by Crippen LogP contribution is -2.29. The molecule has 1 aromatic heterocycles. The summed E-state index contributed by atoms with van der Waals surface area (Å²) in [5, 5.41) is 12.7. The summed E-state index contributed by atoms with van der Waals surface area (Å²) < 4.78 is 14.6. The van der Waals surface area contributed by atoms with Gasteiger partial charge in [0, 0.05) is 22.7 Å². The van der Waals surface area contributed by atoms with Gasteiger partial charge in [-0.3, -0.25) is 14.5 Å². The molecule has 0 saturated carbocycles. The van der Waals surface area contributed by atoms with E-state index >= 15 is 0 Å². The molecule has 0 aliphatic carbocycles. The molecule has 27 heavy (non-hydrogen) atoms. The summed E-state index contributed by atoms with van der Waals surface area (Å²) in [7, 11) is 0. The number of anilines is 1. The molecule has 5 nitrogen and oxygen atoms in total. The van der Waals surface area contributed by atoms with Crippen LogP contribution in [0.1, 0.15) is 17.2 Å². The Kier molecular flexibility index (Phi) is 4.29. The van der Waals surface area contributed by atoms with E-state index in [1.54, 1.807) is 41.8 Å². The van der Waals surface area contributed by atoms with Crippen molar-refractivity contribution in [3.8, 4) is 0 Å². The van der Waals surface area contributed by atoms with E-state index in [-0.39, 0.29) is 22.0 Å². The van der Waals surface area contributed by atoms with Crippen LogP contribution in [0.25, 0.3) is 5.76 Å². The van der Waals surface area contributed by atoms with Gasteiger partial charge in [-0.1, -0.05) is 48.5 Å². The van der Waals surface area contributed by atoms with E-state index in [1.165, 1.54) is 24.4 Å². The quantitative estimate of drug-likeness (QED) is 0.425. The molecule has 0 unspecified atom stereocenters. The van der Waals surface area contributed by atoms with Crippen LogP contribution in [0.2, 0.25) is 0 Å². The highest BCUT2D eigenvalue weighted by Crippen LogP contribution is 2.43. The van der Waals surface area contributed by atoms with Gasteiger partial charge in [-0.2, -0.15) is 0 Å². The first-order valence-electron chi connectivity index (χ1n) is 8.10. The zero-order chi connectivity index (χ0) is 19.0. The van der Waals surface area contributed by atoms with Crippen molar-refractivity contribution >= 4 is 33.9 Å². The van der Waals surface area contributed by atoms with Crippen molar-refractivity contribution in [3.05, 3.63) is 88.7 Å². The van der Waals surface area contributed by atoms with Crippen LogP contribution in [0.5, 0.6) is 0 Å². The molecule has 134 valence electrons. The third-order valence-corrected chi connectivity index (χ3v) is 5.09. The molecule has 0 spiro atoms. The van der Waals surface area contributed by atoms with Gasteiger partial charge in [0.2, 0.25) is 0 Å². The summed E-state index contributed by atoms with van der Waals surface area (Å²) in [4.78, 5) is 30.7. The Morgan fingerprint density at radius 2 is 1.78 bits per heavy atom. The van der Waals surface area contributed by atoms with E-state index in [2.05, 4.69) is 4.98 Å². The molecule has 1 aliphatic heterocycles. The zero-order valence-electron chi connectivity index (χ0n) is 13.9. The Bertz CT molecular complexity index is 1050. The highest BCUT2D eigenvalue weighted by Gasteiger charge is 2.48. The molecule has 1 atom stereocenters. The van der Waals surface area contributed by atoms with Crippen LogP contribution >= 0.6 is 11.3 Å². The number of hydrogen-bond acceptors (Lipinski definition) is 5. The first kappa shape index (κ1) is 17.1. The number of carbonyl (C=O) groups excluding carboxylic acids is 2. The number of hydrogen-bond donors (Lipinski definition) is 1. The molecule has 7 heteroatoms. The predicted molar refractivity (Wildman–Crippen MR) is 99.7 cm³/mol. The largest absolute Gasteiger partial charge is 0.507 e. The van der Waals surface area contributed by atoms with Crippen LogP contribution in [0.4, 0.5) is 9.52 Å². The Balaban J connectivity index is 1.98. The zero-order valence-corrected chi connectivity index (χ0v) is 14.7. The maximum Gasteiger partial charge on any atom is 0.301 e. The Morgan fingerprint density at radius 3 is 2.44 bits per heavy atom. The van der Waals surface area contributed by atoms with Crippen LogP contribution in [-0.2, 0) is 9.59 Å². The van der Waals surface area contributed by atoms with E-state index in [1.807, 2.05) is 0 Å². The van der Waals surface area contributed by atoms with Gasteiger partial charge in [0.25, 0.3) is 5.78 Å². The van der Waals surface area contributed by atoms with Gasteiger partial charge >= 0.3 is 5.91 Å². The Hall–Kier alpha value is -3.32. The number of carbonyl (C=O) groups is 2. The van der Waals surface area contributed by atoms with Crippen molar-refractivity contribution in [1.82, 2.24) is 4.98 Å². The second-order valence-corrected chi connectivity index (χ2v) is 6.74. The minimum Gasteiger partial charge on any atom is -0.507 e. The third-order valence-electron chi connectivity index (χ3n) is 4.32. The summed E-state index contributed by atoms with van der Waals surface area (Å²) >= 11 is 1.15. The molecular weight excluding hydrogens is 367 g/mol. The van der Waals surface area contributed by atoms with Crippen molar-refractivity contribution in [2.45, 2.75) is 6.04 Å². The molecular formula is C20H13FN2O3S. The molecule has 2 heterocycles. The van der Waals surface area contributed by atoms with Crippen molar-refractivity contribution in [3.63, 3.8) is 0 Å². The van der Waals surface area contributed by atoms with Crippen molar-refractivity contribution in [1.29, 1.82) is 0 Å². The summed E-state index contributed by atoms with van der Waals surface area (Å²) in [6.07, 6.45) is 1.49. The molecule has 1 saturated heterocycles. The molecule has 0 bridgehead atoms. The SMILES string of the molecule is O=C1C(=O)N(c2nccs2)[C@H](c2ccccc2F)/C1=C(\O)c1ccccc1. The summed E-state index contributed by atoms with van der Waals surface area (Å²) in [5.74, 6) is -2.65. The van der Waals surface area contributed by atoms with Crippen molar-refractivity contribution in [2.75, 3.05) is 4.90 Å². The monoisotopic (exact) mass is 380 g/mol. The number of thiazole rings is 1. The average Bonchev–Trinajstić information content (AvgIpc) is 3.30.